The average Bonchev–Trinajstić information content (AvgIpc) is 3.49. The lowest BCUT2D eigenvalue weighted by molar-refractivity contribution is 0.361. The minimum Gasteiger partial charge on any atom is -0.308 e. The van der Waals surface area contributed by atoms with Gasteiger partial charge in [-0.25, -0.2) is 9.67 Å². The monoisotopic (exact) mass is 489 g/mol. The zero-order chi connectivity index (χ0) is 23.3. The zero-order valence-electron chi connectivity index (χ0n) is 18.8. The number of thioether (sulfide) groups is 1. The van der Waals surface area contributed by atoms with Crippen molar-refractivity contribution in [2.24, 2.45) is 0 Å². The summed E-state index contributed by atoms with van der Waals surface area (Å²) in [6, 6.07) is 22.4. The number of fused-ring (bicyclic) bond motifs is 1. The van der Waals surface area contributed by atoms with Crippen molar-refractivity contribution in [2.75, 3.05) is 20.6 Å². The van der Waals surface area contributed by atoms with Gasteiger partial charge in [-0.1, -0.05) is 72.4 Å². The molecule has 34 heavy (non-hydrogen) atoms. The van der Waals surface area contributed by atoms with Crippen molar-refractivity contribution in [2.45, 2.75) is 27.6 Å². The summed E-state index contributed by atoms with van der Waals surface area (Å²) < 4.78 is 3.58. The molecule has 2 aromatic carbocycles. The quantitative estimate of drug-likeness (QED) is 0.227. The van der Waals surface area contributed by atoms with E-state index in [0.29, 0.717) is 22.6 Å². The van der Waals surface area contributed by atoms with E-state index in [1.165, 1.54) is 17.3 Å². The van der Waals surface area contributed by atoms with Crippen LogP contribution in [0.2, 0.25) is 0 Å². The van der Waals surface area contributed by atoms with Gasteiger partial charge in [-0.05, 0) is 47.9 Å². The van der Waals surface area contributed by atoms with E-state index in [1.807, 2.05) is 68.7 Å². The van der Waals surface area contributed by atoms with E-state index in [4.69, 9.17) is 15.1 Å². The van der Waals surface area contributed by atoms with Gasteiger partial charge in [0.2, 0.25) is 10.3 Å². The van der Waals surface area contributed by atoms with Crippen molar-refractivity contribution in [3.05, 3.63) is 72.3 Å². The molecule has 0 aliphatic heterocycles. The van der Waals surface area contributed by atoms with Crippen LogP contribution >= 0.6 is 23.5 Å². The number of rotatable bonds is 9. The Bertz CT molecular complexity index is 1370. The summed E-state index contributed by atoms with van der Waals surface area (Å²) in [4.78, 5) is 11.6. The summed E-state index contributed by atoms with van der Waals surface area (Å²) in [5.74, 6) is 1.33. The Labute approximate surface area is 205 Å². The van der Waals surface area contributed by atoms with Crippen LogP contribution in [0.3, 0.4) is 0 Å². The van der Waals surface area contributed by atoms with E-state index in [-0.39, 0.29) is 0 Å². The van der Waals surface area contributed by atoms with Crippen LogP contribution in [-0.2, 0) is 12.3 Å². The van der Waals surface area contributed by atoms with Gasteiger partial charge in [0.1, 0.15) is 5.03 Å². The largest absolute Gasteiger partial charge is 0.308 e. The van der Waals surface area contributed by atoms with Crippen LogP contribution < -0.4 is 0 Å². The molecular weight excluding hydrogens is 466 g/mol. The molecule has 0 atom stereocenters. The smallest absolute Gasteiger partial charge is 0.254 e. The summed E-state index contributed by atoms with van der Waals surface area (Å²) in [5, 5.41) is 19.3. The maximum absolute atomic E-state index is 4.79. The number of tetrazole rings is 1. The molecule has 0 amide bonds. The second-order valence-corrected chi connectivity index (χ2v) is 9.75. The lowest BCUT2D eigenvalue weighted by Crippen LogP contribution is -2.19. The van der Waals surface area contributed by atoms with Crippen LogP contribution in [0.15, 0.2) is 82.1 Å². The van der Waals surface area contributed by atoms with Crippen molar-refractivity contribution in [3.8, 4) is 11.3 Å². The van der Waals surface area contributed by atoms with Gasteiger partial charge in [0.05, 0.1) is 12.2 Å². The van der Waals surface area contributed by atoms with E-state index in [9.17, 15) is 0 Å². The lowest BCUT2D eigenvalue weighted by atomic mass is 10.1. The molecule has 0 fully saturated rings. The van der Waals surface area contributed by atoms with Crippen molar-refractivity contribution >= 4 is 29.3 Å². The number of hydrogen-bond acceptors (Lipinski definition) is 9. The van der Waals surface area contributed by atoms with E-state index in [0.717, 1.165) is 28.6 Å². The molecule has 9 nitrogen and oxygen atoms in total. The molecular formula is C23H23N9S2. The zero-order valence-corrected chi connectivity index (χ0v) is 20.4. The molecule has 0 N–H and O–H groups in total. The van der Waals surface area contributed by atoms with Gasteiger partial charge in [-0.2, -0.15) is 9.50 Å². The standard InChI is InChI=1S/C23H23N9S2/c1-30(2)13-14-31-23(26-28-29-31)34-20-15-19(18-11-7-4-8-12-18)24-21-25-22(27-32(20)21)33-16-17-9-5-3-6-10-17/h3-12,15H,13-14,16H2,1-2H3. The van der Waals surface area contributed by atoms with Gasteiger partial charge in [0.25, 0.3) is 5.78 Å². The van der Waals surface area contributed by atoms with Crippen molar-refractivity contribution in [3.63, 3.8) is 0 Å². The molecule has 0 spiro atoms. The van der Waals surface area contributed by atoms with Crippen LogP contribution in [0, 0.1) is 0 Å². The number of hydrogen-bond donors (Lipinski definition) is 0. The Morgan fingerprint density at radius 3 is 2.47 bits per heavy atom. The molecule has 0 aliphatic rings. The van der Waals surface area contributed by atoms with Crippen LogP contribution in [0.5, 0.6) is 0 Å². The van der Waals surface area contributed by atoms with Gasteiger partial charge in [0.15, 0.2) is 0 Å². The van der Waals surface area contributed by atoms with Gasteiger partial charge in [0, 0.05) is 17.9 Å². The highest BCUT2D eigenvalue weighted by Crippen LogP contribution is 2.30. The highest BCUT2D eigenvalue weighted by atomic mass is 32.2. The van der Waals surface area contributed by atoms with Crippen LogP contribution in [0.25, 0.3) is 17.0 Å². The summed E-state index contributed by atoms with van der Waals surface area (Å²) in [6.45, 7) is 1.53. The third kappa shape index (κ3) is 5.27. The number of likely N-dealkylation sites (N-methyl/N-ethyl adjacent to an activating group) is 1. The van der Waals surface area contributed by atoms with E-state index in [1.54, 1.807) is 21.0 Å². The fourth-order valence-electron chi connectivity index (χ4n) is 3.23. The van der Waals surface area contributed by atoms with Crippen LogP contribution in [0.1, 0.15) is 5.56 Å². The molecule has 172 valence electrons. The molecule has 0 bridgehead atoms. The fraction of sp³-hybridized carbons (Fsp3) is 0.217. The maximum Gasteiger partial charge on any atom is 0.254 e. The van der Waals surface area contributed by atoms with Gasteiger partial charge >= 0.3 is 0 Å². The normalized spacial score (nSPS) is 11.5. The highest BCUT2D eigenvalue weighted by molar-refractivity contribution is 7.99. The van der Waals surface area contributed by atoms with E-state index >= 15 is 0 Å². The second kappa shape index (κ2) is 10.3. The predicted molar refractivity (Wildman–Crippen MR) is 133 cm³/mol. The van der Waals surface area contributed by atoms with E-state index < -0.39 is 0 Å². The Balaban J connectivity index is 1.49. The topological polar surface area (TPSA) is 89.9 Å². The number of benzene rings is 2. The van der Waals surface area contributed by atoms with Crippen LogP contribution in [0.4, 0.5) is 0 Å². The SMILES string of the molecule is CN(C)CCn1nnnc1Sc1cc(-c2ccccc2)nc2nc(SCc3ccccc3)nn12. The number of aromatic nitrogens is 8. The molecule has 0 saturated carbocycles. The van der Waals surface area contributed by atoms with Gasteiger partial charge < -0.3 is 4.90 Å². The highest BCUT2D eigenvalue weighted by Gasteiger charge is 2.17. The first-order valence-corrected chi connectivity index (χ1v) is 12.5. The first-order chi connectivity index (χ1) is 16.7. The Kier molecular flexibility index (Phi) is 6.84. The molecule has 0 radical (unpaired) electrons. The molecule has 5 aromatic rings. The lowest BCUT2D eigenvalue weighted by Gasteiger charge is -2.10. The Hall–Kier alpha value is -3.28. The Morgan fingerprint density at radius 1 is 0.941 bits per heavy atom. The molecule has 0 unspecified atom stereocenters. The fourth-order valence-corrected chi connectivity index (χ4v) is 4.89. The molecule has 0 aliphatic carbocycles. The Morgan fingerprint density at radius 2 is 1.71 bits per heavy atom. The second-order valence-electron chi connectivity index (χ2n) is 7.82. The predicted octanol–water partition coefficient (Wildman–Crippen LogP) is 3.78. The first kappa shape index (κ1) is 22.5. The molecule has 0 saturated heterocycles. The van der Waals surface area contributed by atoms with E-state index in [2.05, 4.69) is 32.6 Å². The molecule has 3 heterocycles. The molecule has 5 rings (SSSR count). The molecule has 3 aromatic heterocycles. The molecule has 11 heteroatoms. The van der Waals surface area contributed by atoms with Crippen molar-refractivity contribution in [1.82, 2.24) is 44.7 Å². The maximum atomic E-state index is 4.79. The summed E-state index contributed by atoms with van der Waals surface area (Å²) in [6.07, 6.45) is 0. The summed E-state index contributed by atoms with van der Waals surface area (Å²) in [7, 11) is 4.06. The summed E-state index contributed by atoms with van der Waals surface area (Å²) in [5.41, 5.74) is 3.06. The summed E-state index contributed by atoms with van der Waals surface area (Å²) >= 11 is 3.05. The van der Waals surface area contributed by atoms with Crippen LogP contribution in [-0.4, -0.2) is 65.3 Å². The third-order valence-corrected chi connectivity index (χ3v) is 6.88. The minimum absolute atomic E-state index is 0.548. The minimum atomic E-state index is 0.548. The van der Waals surface area contributed by atoms with Crippen molar-refractivity contribution < 1.29 is 0 Å². The van der Waals surface area contributed by atoms with Crippen molar-refractivity contribution in [1.29, 1.82) is 0 Å². The third-order valence-electron chi connectivity index (χ3n) is 4.99. The van der Waals surface area contributed by atoms with Gasteiger partial charge in [-0.3, -0.25) is 0 Å². The average molecular weight is 490 g/mol. The van der Waals surface area contributed by atoms with Gasteiger partial charge in [-0.15, -0.1) is 10.2 Å². The number of nitrogens with zero attached hydrogens (tertiary/aromatic N) is 9. The first-order valence-electron chi connectivity index (χ1n) is 10.7.